The highest BCUT2D eigenvalue weighted by molar-refractivity contribution is 6.74. The largest absolute Gasteiger partial charge is 0.411 e. The first kappa shape index (κ1) is 26.7. The minimum Gasteiger partial charge on any atom is -0.411 e. The van der Waals surface area contributed by atoms with E-state index in [4.69, 9.17) is 18.3 Å². The normalized spacial score (nSPS) is 26.2. The molecule has 2 rings (SSSR count). The Morgan fingerprint density at radius 2 is 1.39 bits per heavy atom. The molecule has 6 heteroatoms. The van der Waals surface area contributed by atoms with Crippen LogP contribution in [0.15, 0.2) is 30.3 Å². The number of hydrogen-bond acceptors (Lipinski definition) is 4. The Labute approximate surface area is 193 Å². The van der Waals surface area contributed by atoms with Crippen molar-refractivity contribution in [3.63, 3.8) is 0 Å². The Hall–Kier alpha value is -0.506. The van der Waals surface area contributed by atoms with Crippen molar-refractivity contribution >= 4 is 16.6 Å². The number of rotatable bonds is 7. The second kappa shape index (κ2) is 9.78. The summed E-state index contributed by atoms with van der Waals surface area (Å²) in [5.74, 6) is 0.0846. The van der Waals surface area contributed by atoms with Crippen LogP contribution in [0.2, 0.25) is 36.3 Å². The number of ether oxygens (including phenoxy) is 2. The van der Waals surface area contributed by atoms with E-state index in [1.54, 1.807) is 0 Å². The topological polar surface area (TPSA) is 36.9 Å². The lowest BCUT2D eigenvalue weighted by molar-refractivity contribution is -0.245. The first-order valence-electron chi connectivity index (χ1n) is 11.7. The van der Waals surface area contributed by atoms with Gasteiger partial charge in [0.25, 0.3) is 0 Å². The van der Waals surface area contributed by atoms with Crippen molar-refractivity contribution in [3.8, 4) is 0 Å². The Kier molecular flexibility index (Phi) is 8.43. The molecule has 1 aliphatic rings. The molecule has 1 aromatic carbocycles. The molecular formula is C25H46O4Si2. The second-order valence-electron chi connectivity index (χ2n) is 12.1. The maximum atomic E-state index is 6.99. The van der Waals surface area contributed by atoms with E-state index in [-0.39, 0.29) is 34.5 Å². The molecule has 0 saturated carbocycles. The molecular weight excluding hydrogens is 420 g/mol. The molecule has 0 spiro atoms. The van der Waals surface area contributed by atoms with Gasteiger partial charge in [0, 0.05) is 5.92 Å². The van der Waals surface area contributed by atoms with Crippen molar-refractivity contribution in [1.82, 2.24) is 0 Å². The van der Waals surface area contributed by atoms with Gasteiger partial charge in [0.05, 0.1) is 25.4 Å². The summed E-state index contributed by atoms with van der Waals surface area (Å²) >= 11 is 0. The van der Waals surface area contributed by atoms with Gasteiger partial charge in [0.2, 0.25) is 0 Å². The van der Waals surface area contributed by atoms with Gasteiger partial charge in [-0.05, 0) is 41.8 Å². The molecule has 4 nitrogen and oxygen atoms in total. The molecule has 1 aliphatic heterocycles. The van der Waals surface area contributed by atoms with Crippen molar-refractivity contribution in [2.24, 2.45) is 5.92 Å². The smallest absolute Gasteiger partial charge is 0.192 e. The van der Waals surface area contributed by atoms with Gasteiger partial charge in [-0.2, -0.15) is 0 Å². The standard InChI is InChI=1S/C25H46O4Si2/c1-19-22(29-31(10,11)25(5,6)7)21(28-30(8,9)24(2,3)4)18-27-23(19)26-17-20-15-13-12-14-16-20/h12-16,19,21-23H,17-18H2,1-11H3/t19-,21+,22-,23-/m0/s1. The molecule has 0 amide bonds. The van der Waals surface area contributed by atoms with Crippen molar-refractivity contribution in [2.45, 2.75) is 110 Å². The molecule has 4 atom stereocenters. The third-order valence-corrected chi connectivity index (χ3v) is 16.5. The zero-order chi connectivity index (χ0) is 23.7. The summed E-state index contributed by atoms with van der Waals surface area (Å²) in [4.78, 5) is 0. The van der Waals surface area contributed by atoms with Crippen LogP contribution in [0.5, 0.6) is 0 Å². The molecule has 0 bridgehead atoms. The van der Waals surface area contributed by atoms with Crippen LogP contribution in [-0.4, -0.2) is 41.7 Å². The molecule has 1 saturated heterocycles. The second-order valence-corrected chi connectivity index (χ2v) is 21.6. The maximum Gasteiger partial charge on any atom is 0.192 e. The van der Waals surface area contributed by atoms with E-state index in [0.717, 1.165) is 5.56 Å². The minimum atomic E-state index is -1.99. The fraction of sp³-hybridized carbons (Fsp3) is 0.760. The SMILES string of the molecule is C[C@@H]1[C@@H](OCc2ccccc2)OC[C@@H](O[Si](C)(C)C(C)(C)C)[C@H]1O[Si](C)(C)C(C)(C)C. The molecule has 1 fully saturated rings. The third-order valence-electron chi connectivity index (χ3n) is 7.48. The van der Waals surface area contributed by atoms with E-state index in [1.165, 1.54) is 0 Å². The van der Waals surface area contributed by atoms with E-state index in [9.17, 15) is 0 Å². The van der Waals surface area contributed by atoms with Gasteiger partial charge in [-0.15, -0.1) is 0 Å². The summed E-state index contributed by atoms with van der Waals surface area (Å²) in [6.07, 6.45) is -0.402. The van der Waals surface area contributed by atoms with Crippen molar-refractivity contribution in [1.29, 1.82) is 0 Å². The van der Waals surface area contributed by atoms with Gasteiger partial charge in [0.15, 0.2) is 22.9 Å². The molecule has 1 heterocycles. The fourth-order valence-corrected chi connectivity index (χ4v) is 5.95. The zero-order valence-electron chi connectivity index (χ0n) is 21.7. The summed E-state index contributed by atoms with van der Waals surface area (Å²) in [6.45, 7) is 26.2. The monoisotopic (exact) mass is 466 g/mol. The Balaban J connectivity index is 2.22. The predicted molar refractivity (Wildman–Crippen MR) is 134 cm³/mol. The van der Waals surface area contributed by atoms with Crippen LogP contribution in [0.3, 0.4) is 0 Å². The molecule has 0 radical (unpaired) electrons. The molecule has 31 heavy (non-hydrogen) atoms. The van der Waals surface area contributed by atoms with Crippen LogP contribution in [0.1, 0.15) is 54.0 Å². The quantitative estimate of drug-likeness (QED) is 0.406. The Morgan fingerprint density at radius 3 is 1.90 bits per heavy atom. The Morgan fingerprint density at radius 1 is 0.871 bits per heavy atom. The summed E-state index contributed by atoms with van der Waals surface area (Å²) in [7, 11) is -3.95. The zero-order valence-corrected chi connectivity index (χ0v) is 23.7. The maximum absolute atomic E-state index is 6.99. The van der Waals surface area contributed by atoms with Crippen molar-refractivity contribution in [3.05, 3.63) is 35.9 Å². The number of hydrogen-bond donors (Lipinski definition) is 0. The summed E-state index contributed by atoms with van der Waals surface area (Å²) in [6, 6.07) is 10.3. The van der Waals surface area contributed by atoms with Gasteiger partial charge in [-0.1, -0.05) is 78.8 Å². The summed E-state index contributed by atoms with van der Waals surface area (Å²) < 4.78 is 26.3. The lowest BCUT2D eigenvalue weighted by atomic mass is 9.97. The van der Waals surface area contributed by atoms with Gasteiger partial charge in [-0.25, -0.2) is 0 Å². The molecule has 0 unspecified atom stereocenters. The van der Waals surface area contributed by atoms with Gasteiger partial charge >= 0.3 is 0 Å². The summed E-state index contributed by atoms with van der Waals surface area (Å²) in [5, 5.41) is 0.269. The molecule has 1 aromatic rings. The van der Waals surface area contributed by atoms with Crippen LogP contribution < -0.4 is 0 Å². The average Bonchev–Trinajstić information content (AvgIpc) is 2.63. The molecule has 0 aromatic heterocycles. The van der Waals surface area contributed by atoms with Gasteiger partial charge < -0.3 is 18.3 Å². The van der Waals surface area contributed by atoms with E-state index >= 15 is 0 Å². The molecule has 0 aliphatic carbocycles. The first-order chi connectivity index (χ1) is 14.1. The highest BCUT2D eigenvalue weighted by Gasteiger charge is 2.49. The fourth-order valence-electron chi connectivity index (χ4n) is 3.24. The summed E-state index contributed by atoms with van der Waals surface area (Å²) in [5.41, 5.74) is 1.15. The van der Waals surface area contributed by atoms with Crippen LogP contribution in [0.25, 0.3) is 0 Å². The van der Waals surface area contributed by atoms with Crippen LogP contribution in [0, 0.1) is 5.92 Å². The highest BCUT2D eigenvalue weighted by atomic mass is 28.4. The van der Waals surface area contributed by atoms with Gasteiger partial charge in [0.1, 0.15) is 0 Å². The average molecular weight is 467 g/mol. The van der Waals surface area contributed by atoms with E-state index in [0.29, 0.717) is 13.2 Å². The molecule has 0 N–H and O–H groups in total. The van der Waals surface area contributed by atoms with Crippen LogP contribution in [0.4, 0.5) is 0 Å². The number of benzene rings is 1. The van der Waals surface area contributed by atoms with Crippen molar-refractivity contribution in [2.75, 3.05) is 6.61 Å². The lowest BCUT2D eigenvalue weighted by Gasteiger charge is -2.49. The third kappa shape index (κ3) is 6.74. The van der Waals surface area contributed by atoms with E-state index in [1.807, 2.05) is 18.2 Å². The Bertz CT molecular complexity index is 692. The van der Waals surface area contributed by atoms with E-state index in [2.05, 4.69) is 86.8 Å². The van der Waals surface area contributed by atoms with Crippen molar-refractivity contribution < 1.29 is 18.3 Å². The predicted octanol–water partition coefficient (Wildman–Crippen LogP) is 6.98. The first-order valence-corrected chi connectivity index (χ1v) is 17.5. The van der Waals surface area contributed by atoms with E-state index < -0.39 is 16.6 Å². The van der Waals surface area contributed by atoms with Crippen LogP contribution in [-0.2, 0) is 24.9 Å². The highest BCUT2D eigenvalue weighted by Crippen LogP contribution is 2.43. The van der Waals surface area contributed by atoms with Gasteiger partial charge in [-0.3, -0.25) is 0 Å². The molecule has 178 valence electrons. The van der Waals surface area contributed by atoms with Crippen LogP contribution >= 0.6 is 0 Å². The lowest BCUT2D eigenvalue weighted by Crippen LogP contribution is -2.59. The minimum absolute atomic E-state index is 0.0375.